The molecule has 0 saturated heterocycles. The Morgan fingerprint density at radius 1 is 0.974 bits per heavy atom. The van der Waals surface area contributed by atoms with Crippen LogP contribution in [-0.2, 0) is 28.4 Å². The molecule has 0 spiro atoms. The fourth-order valence-electron chi connectivity index (χ4n) is 4.10. The van der Waals surface area contributed by atoms with E-state index in [-0.39, 0.29) is 17.9 Å². The first-order chi connectivity index (χ1) is 18.1. The molecule has 1 amide bonds. The number of carbonyl (C=O) groups is 1. The number of hydroxylamine groups is 1. The summed E-state index contributed by atoms with van der Waals surface area (Å²) < 4.78 is 35.4. The van der Waals surface area contributed by atoms with Gasteiger partial charge in [0.15, 0.2) is 0 Å². The summed E-state index contributed by atoms with van der Waals surface area (Å²) >= 11 is 0. The summed E-state index contributed by atoms with van der Waals surface area (Å²) in [7, 11) is -1.52. The van der Waals surface area contributed by atoms with Gasteiger partial charge in [-0.2, -0.15) is 4.31 Å². The summed E-state index contributed by atoms with van der Waals surface area (Å²) in [6, 6.07) is 19.7. The second-order valence-electron chi connectivity index (χ2n) is 8.50. The van der Waals surface area contributed by atoms with E-state index in [0.29, 0.717) is 22.4 Å². The van der Waals surface area contributed by atoms with Gasteiger partial charge >= 0.3 is 5.69 Å². The number of rotatable bonds is 9. The van der Waals surface area contributed by atoms with Gasteiger partial charge in [-0.25, -0.2) is 18.7 Å². The predicted octanol–water partition coefficient (Wildman–Crippen LogP) is 2.08. The second kappa shape index (κ2) is 11.0. The number of para-hydroxylation sites is 2. The Balaban J connectivity index is 1.59. The molecule has 3 aromatic carbocycles. The molecular formula is C26H26N4O7S. The van der Waals surface area contributed by atoms with Gasteiger partial charge in [0.1, 0.15) is 17.5 Å². The van der Waals surface area contributed by atoms with Crippen molar-refractivity contribution in [3.8, 4) is 11.5 Å². The first kappa shape index (κ1) is 26.8. The highest BCUT2D eigenvalue weighted by Gasteiger charge is 2.33. The van der Waals surface area contributed by atoms with Gasteiger partial charge in [-0.3, -0.25) is 23.9 Å². The van der Waals surface area contributed by atoms with Crippen molar-refractivity contribution >= 4 is 26.8 Å². The molecule has 4 aromatic rings. The first-order valence-electron chi connectivity index (χ1n) is 11.6. The molecule has 1 unspecified atom stereocenters. The van der Waals surface area contributed by atoms with Gasteiger partial charge in [0.2, 0.25) is 10.0 Å². The lowest BCUT2D eigenvalue weighted by atomic mass is 10.2. The van der Waals surface area contributed by atoms with E-state index < -0.39 is 33.2 Å². The number of hydrogen-bond donors (Lipinski definition) is 2. The average Bonchev–Trinajstić information content (AvgIpc) is 2.94. The number of hydrogen-bond acceptors (Lipinski definition) is 7. The van der Waals surface area contributed by atoms with Gasteiger partial charge < -0.3 is 4.74 Å². The van der Waals surface area contributed by atoms with Crippen molar-refractivity contribution in [2.75, 3.05) is 7.05 Å². The van der Waals surface area contributed by atoms with Crippen molar-refractivity contribution in [1.29, 1.82) is 0 Å². The minimum absolute atomic E-state index is 0.116. The van der Waals surface area contributed by atoms with Crippen LogP contribution in [0.3, 0.4) is 0 Å². The number of fused-ring (bicyclic) bond motifs is 1. The summed E-state index contributed by atoms with van der Waals surface area (Å²) in [4.78, 5) is 38.2. The Bertz CT molecular complexity index is 1680. The minimum Gasteiger partial charge on any atom is -0.457 e. The van der Waals surface area contributed by atoms with E-state index >= 15 is 0 Å². The number of sulfonamides is 1. The van der Waals surface area contributed by atoms with Crippen molar-refractivity contribution in [2.24, 2.45) is 7.05 Å². The van der Waals surface area contributed by atoms with Crippen LogP contribution in [0, 0.1) is 0 Å². The number of aryl methyl sites for hydroxylation is 1. The highest BCUT2D eigenvalue weighted by atomic mass is 32.2. The number of aromatic nitrogens is 2. The first-order valence-corrected chi connectivity index (χ1v) is 13.0. The monoisotopic (exact) mass is 538 g/mol. The van der Waals surface area contributed by atoms with E-state index in [4.69, 9.17) is 4.74 Å². The molecule has 38 heavy (non-hydrogen) atoms. The zero-order chi connectivity index (χ0) is 27.4. The molecule has 0 saturated carbocycles. The zero-order valence-electron chi connectivity index (χ0n) is 20.6. The van der Waals surface area contributed by atoms with Crippen LogP contribution in [0.1, 0.15) is 6.42 Å². The van der Waals surface area contributed by atoms with Crippen LogP contribution < -0.4 is 21.5 Å². The molecule has 0 bridgehead atoms. The lowest BCUT2D eigenvalue weighted by molar-refractivity contribution is -0.133. The van der Waals surface area contributed by atoms with E-state index in [1.165, 1.54) is 48.4 Å². The van der Waals surface area contributed by atoms with Crippen LogP contribution in [0.25, 0.3) is 10.9 Å². The molecule has 198 valence electrons. The maximum atomic E-state index is 13.3. The summed E-state index contributed by atoms with van der Waals surface area (Å²) in [5.74, 6) is -0.0188. The van der Waals surface area contributed by atoms with Crippen molar-refractivity contribution < 1.29 is 23.2 Å². The second-order valence-corrected chi connectivity index (χ2v) is 10.5. The zero-order valence-corrected chi connectivity index (χ0v) is 21.5. The number of carbonyl (C=O) groups excluding carboxylic acids is 1. The van der Waals surface area contributed by atoms with Crippen molar-refractivity contribution in [1.82, 2.24) is 18.9 Å². The molecule has 12 heteroatoms. The quantitative estimate of drug-likeness (QED) is 0.246. The van der Waals surface area contributed by atoms with Crippen molar-refractivity contribution in [3.63, 3.8) is 0 Å². The third-order valence-corrected chi connectivity index (χ3v) is 8.10. The van der Waals surface area contributed by atoms with E-state index in [0.717, 1.165) is 8.87 Å². The van der Waals surface area contributed by atoms with E-state index in [9.17, 15) is 28.0 Å². The van der Waals surface area contributed by atoms with Crippen molar-refractivity contribution in [2.45, 2.75) is 23.9 Å². The fourth-order valence-corrected chi connectivity index (χ4v) is 5.45. The van der Waals surface area contributed by atoms with Gasteiger partial charge in [0.05, 0.1) is 15.8 Å². The molecule has 0 fully saturated rings. The third-order valence-electron chi connectivity index (χ3n) is 6.22. The molecule has 0 aliphatic carbocycles. The summed E-state index contributed by atoms with van der Waals surface area (Å²) in [5.41, 5.74) is 0.746. The minimum atomic E-state index is -4.22. The molecule has 11 nitrogen and oxygen atoms in total. The summed E-state index contributed by atoms with van der Waals surface area (Å²) in [6.45, 7) is -0.266. The molecule has 2 N–H and O–H groups in total. The standard InChI is InChI=1S/C26H26N4O7S/c1-28-22-11-7-6-10-21(22)25(32)30(26(28)33)17-16-23(24(31)27-34)29(2)38(35,36)20-14-12-19(13-15-20)37-18-8-4-3-5-9-18/h3-15,23,34H,16-17H2,1-2H3,(H,27,31). The number of likely N-dealkylation sites (N-methyl/N-ethyl adjacent to an activating group) is 1. The Kier molecular flexibility index (Phi) is 7.76. The molecule has 4 rings (SSSR count). The number of benzene rings is 3. The molecule has 0 aliphatic heterocycles. The topological polar surface area (TPSA) is 140 Å². The Labute approximate surface area is 218 Å². The van der Waals surface area contributed by atoms with Crippen LogP contribution in [0.5, 0.6) is 11.5 Å². The van der Waals surface area contributed by atoms with E-state index in [1.807, 2.05) is 6.07 Å². The summed E-state index contributed by atoms with van der Waals surface area (Å²) in [5, 5.41) is 9.59. The van der Waals surface area contributed by atoms with Gasteiger partial charge in [-0.1, -0.05) is 30.3 Å². The highest BCUT2D eigenvalue weighted by molar-refractivity contribution is 7.89. The van der Waals surface area contributed by atoms with Crippen LogP contribution >= 0.6 is 0 Å². The van der Waals surface area contributed by atoms with Crippen LogP contribution in [0.2, 0.25) is 0 Å². The SMILES string of the molecule is CN(C(CCn1c(=O)c2ccccc2n(C)c1=O)C(=O)NO)S(=O)(=O)c1ccc(Oc2ccccc2)cc1. The van der Waals surface area contributed by atoms with E-state index in [1.54, 1.807) is 48.5 Å². The van der Waals surface area contributed by atoms with Gasteiger partial charge in [-0.05, 0) is 55.0 Å². The van der Waals surface area contributed by atoms with Crippen LogP contribution in [0.4, 0.5) is 0 Å². The normalized spacial score (nSPS) is 12.4. The molecular weight excluding hydrogens is 512 g/mol. The maximum absolute atomic E-state index is 13.3. The average molecular weight is 539 g/mol. The Morgan fingerprint density at radius 2 is 1.58 bits per heavy atom. The number of nitrogens with zero attached hydrogens (tertiary/aromatic N) is 3. The smallest absolute Gasteiger partial charge is 0.331 e. The molecule has 0 aliphatic rings. The fraction of sp³-hybridized carbons (Fsp3) is 0.192. The van der Waals surface area contributed by atoms with E-state index in [2.05, 4.69) is 0 Å². The van der Waals surface area contributed by atoms with Crippen molar-refractivity contribution in [3.05, 3.63) is 99.7 Å². The third kappa shape index (κ3) is 5.23. The molecule has 1 aromatic heterocycles. The lowest BCUT2D eigenvalue weighted by Crippen LogP contribution is -2.48. The Morgan fingerprint density at radius 3 is 2.24 bits per heavy atom. The van der Waals surface area contributed by atoms with Gasteiger partial charge in [0, 0.05) is 20.6 Å². The maximum Gasteiger partial charge on any atom is 0.331 e. The van der Waals surface area contributed by atoms with Gasteiger partial charge in [-0.15, -0.1) is 0 Å². The molecule has 1 heterocycles. The predicted molar refractivity (Wildman–Crippen MR) is 140 cm³/mol. The Hall–Kier alpha value is -4.26. The van der Waals surface area contributed by atoms with Gasteiger partial charge in [0.25, 0.3) is 11.5 Å². The number of ether oxygens (including phenoxy) is 1. The number of nitrogens with one attached hydrogen (secondary N) is 1. The largest absolute Gasteiger partial charge is 0.457 e. The molecule has 1 atom stereocenters. The number of amides is 1. The highest BCUT2D eigenvalue weighted by Crippen LogP contribution is 2.25. The van der Waals surface area contributed by atoms with Crippen LogP contribution in [-0.4, -0.2) is 46.1 Å². The summed E-state index contributed by atoms with van der Waals surface area (Å²) in [6.07, 6.45) is -0.259. The van der Waals surface area contributed by atoms with Crippen LogP contribution in [0.15, 0.2) is 93.3 Å². The lowest BCUT2D eigenvalue weighted by Gasteiger charge is -2.26. The molecule has 0 radical (unpaired) electrons.